The molecule has 0 fully saturated rings. The Labute approximate surface area is 111 Å². The molecule has 1 unspecified atom stereocenters. The van der Waals surface area contributed by atoms with Crippen LogP contribution in [0.5, 0.6) is 0 Å². The van der Waals surface area contributed by atoms with E-state index >= 15 is 0 Å². The lowest BCUT2D eigenvalue weighted by Gasteiger charge is -2.13. The average Bonchev–Trinajstić information content (AvgIpc) is 2.94. The molecule has 6 heteroatoms. The van der Waals surface area contributed by atoms with Crippen molar-refractivity contribution in [1.29, 1.82) is 0 Å². The van der Waals surface area contributed by atoms with Crippen LogP contribution < -0.4 is 5.73 Å². The van der Waals surface area contributed by atoms with Crippen LogP contribution in [0.3, 0.4) is 0 Å². The lowest BCUT2D eigenvalue weighted by Crippen LogP contribution is -2.12. The summed E-state index contributed by atoms with van der Waals surface area (Å²) in [5.74, 6) is 0.494. The van der Waals surface area contributed by atoms with Gasteiger partial charge in [0.1, 0.15) is 12.2 Å². The highest BCUT2D eigenvalue weighted by Crippen LogP contribution is 2.24. The summed E-state index contributed by atoms with van der Waals surface area (Å²) in [5.41, 5.74) is 6.28. The van der Waals surface area contributed by atoms with Gasteiger partial charge in [-0.15, -0.1) is 0 Å². The van der Waals surface area contributed by atoms with E-state index in [1.807, 2.05) is 37.3 Å². The van der Waals surface area contributed by atoms with E-state index in [0.717, 1.165) is 5.56 Å². The first-order chi connectivity index (χ1) is 9.26. The second kappa shape index (κ2) is 6.42. The van der Waals surface area contributed by atoms with Gasteiger partial charge < -0.3 is 20.1 Å². The molecule has 0 bridgehead atoms. The molecule has 2 aromatic rings. The number of benzene rings is 1. The topological polar surface area (TPSA) is 94.4 Å². The molecule has 0 radical (unpaired) electrons. The van der Waals surface area contributed by atoms with Gasteiger partial charge in [0.2, 0.25) is 5.82 Å². The summed E-state index contributed by atoms with van der Waals surface area (Å²) in [5, 5.41) is 13.4. The van der Waals surface area contributed by atoms with Crippen molar-refractivity contribution in [1.82, 2.24) is 10.1 Å². The zero-order valence-electron chi connectivity index (χ0n) is 10.7. The van der Waals surface area contributed by atoms with Crippen molar-refractivity contribution >= 4 is 0 Å². The molecule has 0 amide bonds. The highest BCUT2D eigenvalue weighted by atomic mass is 16.5. The third-order valence-corrected chi connectivity index (χ3v) is 2.64. The van der Waals surface area contributed by atoms with E-state index < -0.39 is 12.2 Å². The van der Waals surface area contributed by atoms with E-state index in [1.54, 1.807) is 0 Å². The predicted octanol–water partition coefficient (Wildman–Crippen LogP) is 1.19. The van der Waals surface area contributed by atoms with E-state index in [-0.39, 0.29) is 12.4 Å². The molecule has 2 rings (SSSR count). The van der Waals surface area contributed by atoms with Crippen molar-refractivity contribution in [2.75, 3.05) is 13.2 Å². The highest BCUT2D eigenvalue weighted by Gasteiger charge is 2.22. The molecule has 1 aromatic carbocycles. The molecule has 6 nitrogen and oxygen atoms in total. The second-order valence-corrected chi connectivity index (χ2v) is 3.99. The quantitative estimate of drug-likeness (QED) is 0.813. The Kier molecular flexibility index (Phi) is 4.62. The van der Waals surface area contributed by atoms with Gasteiger partial charge in [0.15, 0.2) is 0 Å². The summed E-state index contributed by atoms with van der Waals surface area (Å²) in [6.07, 6.45) is -1.35. The van der Waals surface area contributed by atoms with E-state index in [0.29, 0.717) is 12.4 Å². The van der Waals surface area contributed by atoms with Crippen molar-refractivity contribution in [2.24, 2.45) is 5.73 Å². The van der Waals surface area contributed by atoms with Crippen LogP contribution in [0.2, 0.25) is 0 Å². The molecule has 0 saturated heterocycles. The molecule has 2 atom stereocenters. The van der Waals surface area contributed by atoms with Gasteiger partial charge in [-0.1, -0.05) is 35.5 Å². The minimum atomic E-state index is -0.945. The molecule has 1 aromatic heterocycles. The number of nitrogens with zero attached hydrogens (tertiary/aromatic N) is 2. The van der Waals surface area contributed by atoms with Crippen molar-refractivity contribution in [3.05, 3.63) is 47.6 Å². The molecule has 0 spiro atoms. The standard InChI is InChI=1S/C13H17N3O3/c1-2-18-11(9-6-4-3-5-7-9)12-15-13(19-16-12)10(17)8-14/h3-7,10-11,17H,2,8,14H2,1H3/t10-,11?/m0/s1. The normalized spacial score (nSPS) is 14.3. The molecule has 102 valence electrons. The van der Waals surface area contributed by atoms with Gasteiger partial charge in [0.05, 0.1) is 0 Å². The SMILES string of the molecule is CCOC(c1ccccc1)c1noc([C@@H](O)CN)n1. The van der Waals surface area contributed by atoms with Crippen molar-refractivity contribution in [3.63, 3.8) is 0 Å². The zero-order valence-corrected chi connectivity index (χ0v) is 10.7. The van der Waals surface area contributed by atoms with Crippen LogP contribution in [0.4, 0.5) is 0 Å². The summed E-state index contributed by atoms with van der Waals surface area (Å²) in [6.45, 7) is 2.45. The van der Waals surface area contributed by atoms with Crippen LogP contribution in [-0.2, 0) is 4.74 Å². The minimum Gasteiger partial charge on any atom is -0.382 e. The van der Waals surface area contributed by atoms with E-state index in [9.17, 15) is 5.11 Å². The van der Waals surface area contributed by atoms with Crippen LogP contribution in [0.25, 0.3) is 0 Å². The van der Waals surface area contributed by atoms with Crippen LogP contribution in [0.15, 0.2) is 34.9 Å². The number of nitrogens with two attached hydrogens (primary N) is 1. The van der Waals surface area contributed by atoms with Gasteiger partial charge in [-0.25, -0.2) is 0 Å². The lowest BCUT2D eigenvalue weighted by atomic mass is 10.1. The van der Waals surface area contributed by atoms with Crippen molar-refractivity contribution < 1.29 is 14.4 Å². The number of ether oxygens (including phenoxy) is 1. The van der Waals surface area contributed by atoms with Crippen LogP contribution in [0.1, 0.15) is 36.4 Å². The minimum absolute atomic E-state index is 0.0340. The van der Waals surface area contributed by atoms with Gasteiger partial charge in [-0.05, 0) is 12.5 Å². The maximum atomic E-state index is 9.56. The molecule has 0 saturated carbocycles. The van der Waals surface area contributed by atoms with Crippen LogP contribution in [0, 0.1) is 0 Å². The Morgan fingerprint density at radius 2 is 2.11 bits per heavy atom. The first kappa shape index (κ1) is 13.7. The molecule has 0 aliphatic carbocycles. The molecule has 0 aliphatic heterocycles. The summed E-state index contributed by atoms with van der Waals surface area (Å²) in [6, 6.07) is 9.60. The smallest absolute Gasteiger partial charge is 0.256 e. The maximum absolute atomic E-state index is 9.56. The molecule has 3 N–H and O–H groups in total. The Balaban J connectivity index is 2.27. The summed E-state index contributed by atoms with van der Waals surface area (Å²) in [7, 11) is 0. The Morgan fingerprint density at radius 3 is 2.74 bits per heavy atom. The number of aromatic nitrogens is 2. The monoisotopic (exact) mass is 263 g/mol. The number of aliphatic hydroxyl groups is 1. The summed E-state index contributed by atoms with van der Waals surface area (Å²) < 4.78 is 10.6. The van der Waals surface area contributed by atoms with E-state index in [2.05, 4.69) is 10.1 Å². The Hall–Kier alpha value is -1.76. The number of hydrogen-bond donors (Lipinski definition) is 2. The Bertz CT molecular complexity index is 501. The number of hydrogen-bond acceptors (Lipinski definition) is 6. The number of rotatable bonds is 6. The number of aliphatic hydroxyl groups excluding tert-OH is 1. The zero-order chi connectivity index (χ0) is 13.7. The third kappa shape index (κ3) is 3.17. The molecule has 19 heavy (non-hydrogen) atoms. The summed E-state index contributed by atoms with van der Waals surface area (Å²) in [4.78, 5) is 4.14. The fourth-order valence-corrected chi connectivity index (χ4v) is 1.70. The van der Waals surface area contributed by atoms with Crippen molar-refractivity contribution in [2.45, 2.75) is 19.1 Å². The van der Waals surface area contributed by atoms with Gasteiger partial charge in [0.25, 0.3) is 5.89 Å². The van der Waals surface area contributed by atoms with E-state index in [4.69, 9.17) is 15.0 Å². The van der Waals surface area contributed by atoms with E-state index in [1.165, 1.54) is 0 Å². The third-order valence-electron chi connectivity index (χ3n) is 2.64. The molecule has 1 heterocycles. The maximum Gasteiger partial charge on any atom is 0.256 e. The molecular weight excluding hydrogens is 246 g/mol. The Morgan fingerprint density at radius 1 is 1.37 bits per heavy atom. The fraction of sp³-hybridized carbons (Fsp3) is 0.385. The first-order valence-electron chi connectivity index (χ1n) is 6.14. The molecule has 0 aliphatic rings. The van der Waals surface area contributed by atoms with Crippen LogP contribution >= 0.6 is 0 Å². The van der Waals surface area contributed by atoms with Crippen molar-refractivity contribution in [3.8, 4) is 0 Å². The van der Waals surface area contributed by atoms with Gasteiger partial charge in [-0.3, -0.25) is 0 Å². The predicted molar refractivity (Wildman–Crippen MR) is 68.2 cm³/mol. The summed E-state index contributed by atoms with van der Waals surface area (Å²) >= 11 is 0. The second-order valence-electron chi connectivity index (χ2n) is 3.99. The largest absolute Gasteiger partial charge is 0.382 e. The lowest BCUT2D eigenvalue weighted by molar-refractivity contribution is 0.0832. The van der Waals surface area contributed by atoms with Gasteiger partial charge in [-0.2, -0.15) is 4.98 Å². The van der Waals surface area contributed by atoms with Gasteiger partial charge >= 0.3 is 0 Å². The van der Waals surface area contributed by atoms with Crippen LogP contribution in [-0.4, -0.2) is 28.4 Å². The molecular formula is C13H17N3O3. The first-order valence-corrected chi connectivity index (χ1v) is 6.14. The average molecular weight is 263 g/mol. The fourth-order valence-electron chi connectivity index (χ4n) is 1.70. The highest BCUT2D eigenvalue weighted by molar-refractivity contribution is 5.22. The van der Waals surface area contributed by atoms with Gasteiger partial charge in [0, 0.05) is 13.2 Å².